The molecule has 0 aromatic heterocycles. The van der Waals surface area contributed by atoms with Crippen LogP contribution in [0.5, 0.6) is 0 Å². The highest BCUT2D eigenvalue weighted by Gasteiger charge is 2.83. The molecule has 9 heteroatoms. The van der Waals surface area contributed by atoms with Crippen LogP contribution in [0.3, 0.4) is 0 Å². The van der Waals surface area contributed by atoms with Gasteiger partial charge < -0.3 is 29.5 Å². The predicted octanol–water partition coefficient (Wildman–Crippen LogP) is 1.19. The van der Waals surface area contributed by atoms with E-state index >= 15 is 0 Å². The van der Waals surface area contributed by atoms with E-state index in [0.717, 1.165) is 30.4 Å². The van der Waals surface area contributed by atoms with E-state index in [-0.39, 0.29) is 18.9 Å². The molecular formula is C27H34O9. The summed E-state index contributed by atoms with van der Waals surface area (Å²) < 4.78 is 17.7. The van der Waals surface area contributed by atoms with Gasteiger partial charge in [0.05, 0.1) is 13.0 Å². The number of esters is 2. The summed E-state index contributed by atoms with van der Waals surface area (Å²) in [5.41, 5.74) is -0.537. The topological polar surface area (TPSA) is 140 Å². The summed E-state index contributed by atoms with van der Waals surface area (Å²) in [5.74, 6) is -6.46. The summed E-state index contributed by atoms with van der Waals surface area (Å²) in [7, 11) is 0. The van der Waals surface area contributed by atoms with Crippen LogP contribution in [0, 0.1) is 34.5 Å². The maximum atomic E-state index is 13.3. The van der Waals surface area contributed by atoms with Crippen molar-refractivity contribution in [3.05, 3.63) is 23.3 Å². The molecular weight excluding hydrogens is 468 g/mol. The van der Waals surface area contributed by atoms with E-state index in [0.29, 0.717) is 6.42 Å². The standard InChI is InChI=1S/C27H34O9/c1-12-8-16(28)22(31)25(3)15(12)10-17-26-11-34-27(33,24(25)26)21(30)13(2)19(26)20(23(32)35-17)36-18(29)9-14-6-4-5-7-14/h6,8,13,15,17,19-22,24,30-31,33H,4-5,7,9-11H2,1-3H3/t13-,15-,17-,19-,20?,21-,22+,24+,25-,26+,27+/m1/s1. The Morgan fingerprint density at radius 2 is 2.03 bits per heavy atom. The van der Waals surface area contributed by atoms with Gasteiger partial charge in [-0.25, -0.2) is 4.79 Å². The summed E-state index contributed by atoms with van der Waals surface area (Å²) in [5, 5.41) is 34.5. The lowest BCUT2D eigenvalue weighted by Gasteiger charge is -2.68. The van der Waals surface area contributed by atoms with E-state index in [1.165, 1.54) is 6.08 Å². The maximum Gasteiger partial charge on any atom is 0.348 e. The molecule has 6 aliphatic rings. The summed E-state index contributed by atoms with van der Waals surface area (Å²) in [6.45, 7) is 5.21. The third-order valence-corrected chi connectivity index (χ3v) is 10.4. The molecule has 2 saturated carbocycles. The lowest BCUT2D eigenvalue weighted by Crippen LogP contribution is -2.78. The Morgan fingerprint density at radius 3 is 2.72 bits per heavy atom. The van der Waals surface area contributed by atoms with Gasteiger partial charge in [0.15, 0.2) is 11.6 Å². The molecule has 4 fully saturated rings. The molecule has 0 radical (unpaired) electrons. The zero-order chi connectivity index (χ0) is 25.8. The van der Waals surface area contributed by atoms with Crippen molar-refractivity contribution in [1.29, 1.82) is 0 Å². The number of hydrogen-bond donors (Lipinski definition) is 3. The molecule has 1 unspecified atom stereocenters. The van der Waals surface area contributed by atoms with Crippen molar-refractivity contribution in [2.24, 2.45) is 34.5 Å². The number of hydrogen-bond acceptors (Lipinski definition) is 9. The fourth-order valence-corrected chi connectivity index (χ4v) is 9.00. The van der Waals surface area contributed by atoms with E-state index in [1.807, 2.05) is 6.08 Å². The van der Waals surface area contributed by atoms with E-state index in [2.05, 4.69) is 0 Å². The largest absolute Gasteiger partial charge is 0.459 e. The van der Waals surface area contributed by atoms with E-state index in [1.54, 1.807) is 20.8 Å². The second-order valence-electron chi connectivity index (χ2n) is 12.0. The maximum absolute atomic E-state index is 13.3. The Morgan fingerprint density at radius 1 is 1.28 bits per heavy atom. The minimum atomic E-state index is -2.06. The molecule has 2 bridgehead atoms. The summed E-state index contributed by atoms with van der Waals surface area (Å²) in [6, 6.07) is 0. The lowest BCUT2D eigenvalue weighted by atomic mass is 9.38. The SMILES string of the molecule is CC1=CC(=O)[C@H](O)[C@@]2(C)[C@@H]1C[C@H]1OC(=O)C(OC(=O)CC3=CCCC3)[C@H]3[C@@H](C)[C@@H](O)[C@]4(O)OC[C@]13[C@@H]42. The molecule has 3 N–H and O–H groups in total. The molecule has 2 aliphatic heterocycles. The van der Waals surface area contributed by atoms with Crippen LogP contribution < -0.4 is 0 Å². The first kappa shape index (κ1) is 24.3. The van der Waals surface area contributed by atoms with Crippen molar-refractivity contribution in [2.45, 2.75) is 83.1 Å². The molecule has 4 aliphatic carbocycles. The monoisotopic (exact) mass is 502 g/mol. The Hall–Kier alpha value is -2.07. The first-order valence-electron chi connectivity index (χ1n) is 13.0. The third kappa shape index (κ3) is 2.83. The Labute approximate surface area is 209 Å². The number of carbonyl (C=O) groups excluding carboxylic acids is 3. The molecule has 11 atom stereocenters. The van der Waals surface area contributed by atoms with Gasteiger partial charge in [-0.2, -0.15) is 0 Å². The Kier molecular flexibility index (Phi) is 5.21. The van der Waals surface area contributed by atoms with Crippen LogP contribution in [-0.2, 0) is 28.6 Å². The number of rotatable bonds is 3. The van der Waals surface area contributed by atoms with Crippen molar-refractivity contribution in [1.82, 2.24) is 0 Å². The normalized spacial score (nSPS) is 51.1. The van der Waals surface area contributed by atoms with Gasteiger partial charge in [0.25, 0.3) is 0 Å². The summed E-state index contributed by atoms with van der Waals surface area (Å²) >= 11 is 0. The fraction of sp³-hybridized carbons (Fsp3) is 0.741. The highest BCUT2D eigenvalue weighted by Crippen LogP contribution is 2.73. The number of ketones is 1. The molecule has 9 nitrogen and oxygen atoms in total. The van der Waals surface area contributed by atoms with Gasteiger partial charge in [0.2, 0.25) is 6.10 Å². The van der Waals surface area contributed by atoms with E-state index < -0.39 is 76.5 Å². The van der Waals surface area contributed by atoms with Gasteiger partial charge in [0.1, 0.15) is 18.3 Å². The number of ether oxygens (including phenoxy) is 3. The average Bonchev–Trinajstić information content (AvgIpc) is 3.42. The van der Waals surface area contributed by atoms with Crippen LogP contribution >= 0.6 is 0 Å². The minimum absolute atomic E-state index is 0.0522. The van der Waals surface area contributed by atoms with Crippen LogP contribution in [-0.4, -0.2) is 69.9 Å². The lowest BCUT2D eigenvalue weighted by molar-refractivity contribution is -0.339. The summed E-state index contributed by atoms with van der Waals surface area (Å²) in [4.78, 5) is 39.1. The van der Waals surface area contributed by atoms with Gasteiger partial charge in [-0.1, -0.05) is 31.1 Å². The Balaban J connectivity index is 1.46. The van der Waals surface area contributed by atoms with Gasteiger partial charge >= 0.3 is 11.9 Å². The average molecular weight is 503 g/mol. The molecule has 6 rings (SSSR count). The Bertz CT molecular complexity index is 1090. The van der Waals surface area contributed by atoms with Crippen LogP contribution in [0.15, 0.2) is 23.3 Å². The predicted molar refractivity (Wildman–Crippen MR) is 123 cm³/mol. The van der Waals surface area contributed by atoms with Crippen molar-refractivity contribution >= 4 is 17.7 Å². The second kappa shape index (κ2) is 7.72. The van der Waals surface area contributed by atoms with E-state index in [9.17, 15) is 29.7 Å². The zero-order valence-corrected chi connectivity index (χ0v) is 20.8. The first-order chi connectivity index (χ1) is 17.0. The first-order valence-corrected chi connectivity index (χ1v) is 13.0. The number of carbonyl (C=O) groups is 3. The van der Waals surface area contributed by atoms with Crippen LogP contribution in [0.4, 0.5) is 0 Å². The zero-order valence-electron chi connectivity index (χ0n) is 20.8. The van der Waals surface area contributed by atoms with Gasteiger partial charge in [0, 0.05) is 22.7 Å². The fourth-order valence-electron chi connectivity index (χ4n) is 9.00. The smallest absolute Gasteiger partial charge is 0.348 e. The molecule has 0 amide bonds. The summed E-state index contributed by atoms with van der Waals surface area (Å²) in [6.07, 6.45) is 1.71. The van der Waals surface area contributed by atoms with Crippen molar-refractivity contribution < 1.29 is 43.9 Å². The van der Waals surface area contributed by atoms with E-state index in [4.69, 9.17) is 14.2 Å². The molecule has 2 saturated heterocycles. The molecule has 0 aromatic rings. The van der Waals surface area contributed by atoms with Crippen LogP contribution in [0.25, 0.3) is 0 Å². The van der Waals surface area contributed by atoms with Crippen LogP contribution in [0.1, 0.15) is 52.9 Å². The molecule has 36 heavy (non-hydrogen) atoms. The van der Waals surface area contributed by atoms with Gasteiger partial charge in [-0.15, -0.1) is 0 Å². The highest BCUT2D eigenvalue weighted by atomic mass is 16.7. The number of fused-ring (bicyclic) bond motifs is 1. The number of aliphatic hydroxyl groups excluding tert-OH is 2. The third-order valence-electron chi connectivity index (χ3n) is 10.4. The second-order valence-corrected chi connectivity index (χ2v) is 12.0. The number of aliphatic hydroxyl groups is 3. The quantitative estimate of drug-likeness (QED) is 0.383. The molecule has 2 heterocycles. The van der Waals surface area contributed by atoms with Gasteiger partial charge in [-0.05, 0) is 50.5 Å². The number of allylic oxidation sites excluding steroid dienone is 2. The molecule has 1 spiro atoms. The highest BCUT2D eigenvalue weighted by molar-refractivity contribution is 5.96. The van der Waals surface area contributed by atoms with Crippen LogP contribution in [0.2, 0.25) is 0 Å². The molecule has 0 aromatic carbocycles. The van der Waals surface area contributed by atoms with Gasteiger partial charge in [-0.3, -0.25) is 9.59 Å². The van der Waals surface area contributed by atoms with Crippen molar-refractivity contribution in [2.75, 3.05) is 6.61 Å². The minimum Gasteiger partial charge on any atom is -0.459 e. The van der Waals surface area contributed by atoms with Crippen molar-refractivity contribution in [3.63, 3.8) is 0 Å². The van der Waals surface area contributed by atoms with Crippen molar-refractivity contribution in [3.8, 4) is 0 Å². The molecule has 196 valence electrons.